The first-order valence-corrected chi connectivity index (χ1v) is 6.46. The van der Waals surface area contributed by atoms with Crippen LogP contribution in [0.2, 0.25) is 0 Å². The summed E-state index contributed by atoms with van der Waals surface area (Å²) in [5.41, 5.74) is 0.939. The molecule has 1 heterocycles. The highest BCUT2D eigenvalue weighted by Crippen LogP contribution is 2.23. The van der Waals surface area contributed by atoms with E-state index in [4.69, 9.17) is 0 Å². The molecule has 2 aromatic rings. The molecule has 0 spiro atoms. The van der Waals surface area contributed by atoms with Gasteiger partial charge in [-0.3, -0.25) is 19.5 Å². The van der Waals surface area contributed by atoms with Gasteiger partial charge in [-0.05, 0) is 33.3 Å². The maximum Gasteiger partial charge on any atom is 0.273 e. The second-order valence-corrected chi connectivity index (χ2v) is 5.65. The van der Waals surface area contributed by atoms with E-state index in [1.807, 2.05) is 27.7 Å². The lowest BCUT2D eigenvalue weighted by Crippen LogP contribution is -2.36. The average Bonchev–Trinajstić information content (AvgIpc) is 2.35. The smallest absolute Gasteiger partial charge is 0.273 e. The fourth-order valence-corrected chi connectivity index (χ4v) is 2.23. The van der Waals surface area contributed by atoms with Gasteiger partial charge in [0.15, 0.2) is 0 Å². The van der Waals surface area contributed by atoms with Gasteiger partial charge in [-0.25, -0.2) is 4.98 Å². The van der Waals surface area contributed by atoms with E-state index < -0.39 is 10.5 Å². The van der Waals surface area contributed by atoms with Gasteiger partial charge in [-0.1, -0.05) is 6.92 Å². The number of benzene rings is 1. The Balaban J connectivity index is 2.92. The van der Waals surface area contributed by atoms with E-state index in [1.54, 1.807) is 10.6 Å². The second kappa shape index (κ2) is 4.70. The Labute approximate surface area is 116 Å². The Bertz CT molecular complexity index is 742. The van der Waals surface area contributed by atoms with E-state index in [2.05, 4.69) is 4.98 Å². The number of nitro benzene ring substituents is 1. The molecule has 20 heavy (non-hydrogen) atoms. The van der Waals surface area contributed by atoms with E-state index in [0.717, 1.165) is 0 Å². The molecule has 0 radical (unpaired) electrons. The number of non-ortho nitro benzene ring substituents is 1. The van der Waals surface area contributed by atoms with Crippen molar-refractivity contribution in [3.63, 3.8) is 0 Å². The molecule has 0 fully saturated rings. The van der Waals surface area contributed by atoms with E-state index >= 15 is 0 Å². The first-order chi connectivity index (χ1) is 9.25. The normalized spacial score (nSPS) is 11.8. The molecule has 106 valence electrons. The first-order valence-electron chi connectivity index (χ1n) is 6.46. The Morgan fingerprint density at radius 1 is 1.35 bits per heavy atom. The minimum absolute atomic E-state index is 0.0221. The SMILES string of the molecule is CCc1nc2cc([N+](=O)[O-])ccc2n(C(C)(C)C)c1=O. The summed E-state index contributed by atoms with van der Waals surface area (Å²) in [4.78, 5) is 27.1. The van der Waals surface area contributed by atoms with Gasteiger partial charge < -0.3 is 0 Å². The van der Waals surface area contributed by atoms with Crippen molar-refractivity contribution in [3.05, 3.63) is 44.4 Å². The van der Waals surface area contributed by atoms with Gasteiger partial charge in [0.05, 0.1) is 16.0 Å². The summed E-state index contributed by atoms with van der Waals surface area (Å²) >= 11 is 0. The molecule has 6 nitrogen and oxygen atoms in total. The summed E-state index contributed by atoms with van der Waals surface area (Å²) in [5.74, 6) is 0. The van der Waals surface area contributed by atoms with Crippen LogP contribution < -0.4 is 5.56 Å². The summed E-state index contributed by atoms with van der Waals surface area (Å²) in [6, 6.07) is 4.40. The fourth-order valence-electron chi connectivity index (χ4n) is 2.23. The lowest BCUT2D eigenvalue weighted by atomic mass is 10.1. The van der Waals surface area contributed by atoms with Crippen molar-refractivity contribution in [1.82, 2.24) is 9.55 Å². The van der Waals surface area contributed by atoms with E-state index in [9.17, 15) is 14.9 Å². The van der Waals surface area contributed by atoms with Crippen LogP contribution in [-0.2, 0) is 12.0 Å². The highest BCUT2D eigenvalue weighted by atomic mass is 16.6. The van der Waals surface area contributed by atoms with Crippen molar-refractivity contribution < 1.29 is 4.92 Å². The van der Waals surface area contributed by atoms with Gasteiger partial charge in [0.1, 0.15) is 5.69 Å². The number of hydrogen-bond donors (Lipinski definition) is 0. The number of aromatic nitrogens is 2. The minimum atomic E-state index is -0.459. The average molecular weight is 275 g/mol. The number of aryl methyl sites for hydroxylation is 1. The van der Waals surface area contributed by atoms with Gasteiger partial charge in [0, 0.05) is 17.7 Å². The van der Waals surface area contributed by atoms with E-state index in [-0.39, 0.29) is 11.2 Å². The molecular weight excluding hydrogens is 258 g/mol. The van der Waals surface area contributed by atoms with Crippen LogP contribution in [0.15, 0.2) is 23.0 Å². The molecule has 6 heteroatoms. The van der Waals surface area contributed by atoms with Crippen molar-refractivity contribution >= 4 is 16.7 Å². The molecule has 0 aliphatic carbocycles. The first kappa shape index (κ1) is 14.2. The number of rotatable bonds is 2. The molecule has 2 rings (SSSR count). The number of nitrogens with zero attached hydrogens (tertiary/aromatic N) is 3. The third-order valence-electron chi connectivity index (χ3n) is 3.12. The number of hydrogen-bond acceptors (Lipinski definition) is 4. The van der Waals surface area contributed by atoms with Crippen LogP contribution in [0, 0.1) is 10.1 Å². The molecule has 0 atom stereocenters. The van der Waals surface area contributed by atoms with E-state index in [0.29, 0.717) is 23.1 Å². The van der Waals surface area contributed by atoms with Crippen LogP contribution in [0.4, 0.5) is 5.69 Å². The van der Waals surface area contributed by atoms with Crippen LogP contribution in [0.1, 0.15) is 33.4 Å². The summed E-state index contributed by atoms with van der Waals surface area (Å²) in [5, 5.41) is 10.9. The summed E-state index contributed by atoms with van der Waals surface area (Å²) in [6.45, 7) is 7.62. The lowest BCUT2D eigenvalue weighted by molar-refractivity contribution is -0.384. The van der Waals surface area contributed by atoms with Crippen LogP contribution in [0.5, 0.6) is 0 Å². The largest absolute Gasteiger partial charge is 0.300 e. The van der Waals surface area contributed by atoms with Crippen molar-refractivity contribution in [3.8, 4) is 0 Å². The molecule has 0 saturated carbocycles. The van der Waals surface area contributed by atoms with Crippen molar-refractivity contribution in [2.24, 2.45) is 0 Å². The Hall–Kier alpha value is -2.24. The lowest BCUT2D eigenvalue weighted by Gasteiger charge is -2.25. The van der Waals surface area contributed by atoms with Crippen LogP contribution >= 0.6 is 0 Å². The molecule has 0 aliphatic rings. The fraction of sp³-hybridized carbons (Fsp3) is 0.429. The number of nitro groups is 1. The molecule has 1 aromatic carbocycles. The zero-order valence-electron chi connectivity index (χ0n) is 12.0. The molecule has 0 unspecified atom stereocenters. The monoisotopic (exact) mass is 275 g/mol. The van der Waals surface area contributed by atoms with Crippen molar-refractivity contribution in [2.45, 2.75) is 39.7 Å². The Morgan fingerprint density at radius 2 is 2.00 bits per heavy atom. The van der Waals surface area contributed by atoms with Gasteiger partial charge in [-0.15, -0.1) is 0 Å². The van der Waals surface area contributed by atoms with Gasteiger partial charge in [0.2, 0.25) is 0 Å². The predicted molar refractivity (Wildman–Crippen MR) is 77.0 cm³/mol. The molecule has 0 amide bonds. The Kier molecular flexibility index (Phi) is 3.33. The predicted octanol–water partition coefficient (Wildman–Crippen LogP) is 2.62. The van der Waals surface area contributed by atoms with Crippen LogP contribution in [0.25, 0.3) is 11.0 Å². The molecule has 0 aliphatic heterocycles. The zero-order chi connectivity index (χ0) is 15.1. The topological polar surface area (TPSA) is 78.0 Å². The van der Waals surface area contributed by atoms with Crippen LogP contribution in [-0.4, -0.2) is 14.5 Å². The zero-order valence-corrected chi connectivity index (χ0v) is 12.0. The van der Waals surface area contributed by atoms with Gasteiger partial charge >= 0.3 is 0 Å². The van der Waals surface area contributed by atoms with Crippen molar-refractivity contribution in [1.29, 1.82) is 0 Å². The molecular formula is C14H17N3O3. The van der Waals surface area contributed by atoms with E-state index in [1.165, 1.54) is 12.1 Å². The molecule has 0 saturated heterocycles. The molecule has 1 aromatic heterocycles. The highest BCUT2D eigenvalue weighted by molar-refractivity contribution is 5.78. The summed E-state index contributed by atoms with van der Waals surface area (Å²) < 4.78 is 1.65. The van der Waals surface area contributed by atoms with Crippen molar-refractivity contribution in [2.75, 3.05) is 0 Å². The molecule has 0 N–H and O–H groups in total. The Morgan fingerprint density at radius 3 is 2.50 bits per heavy atom. The standard InChI is InChI=1S/C14H17N3O3/c1-5-10-13(18)16(14(2,3)4)12-7-6-9(17(19)20)8-11(12)15-10/h6-8H,5H2,1-4H3. The maximum absolute atomic E-state index is 12.4. The van der Waals surface area contributed by atoms with Gasteiger partial charge in [-0.2, -0.15) is 0 Å². The third-order valence-corrected chi connectivity index (χ3v) is 3.12. The van der Waals surface area contributed by atoms with Gasteiger partial charge in [0.25, 0.3) is 11.2 Å². The summed E-state index contributed by atoms with van der Waals surface area (Å²) in [7, 11) is 0. The maximum atomic E-state index is 12.4. The quantitative estimate of drug-likeness (QED) is 0.623. The third kappa shape index (κ3) is 2.29. The second-order valence-electron chi connectivity index (χ2n) is 5.65. The number of fused-ring (bicyclic) bond motifs is 1. The minimum Gasteiger partial charge on any atom is -0.300 e. The van der Waals surface area contributed by atoms with Crippen LogP contribution in [0.3, 0.4) is 0 Å². The molecule has 0 bridgehead atoms. The summed E-state index contributed by atoms with van der Waals surface area (Å²) in [6.07, 6.45) is 0.494. The highest BCUT2D eigenvalue weighted by Gasteiger charge is 2.21.